The van der Waals surface area contributed by atoms with Gasteiger partial charge in [-0.25, -0.2) is 4.79 Å². The van der Waals surface area contributed by atoms with Gasteiger partial charge in [0.05, 0.1) is 12.6 Å². The summed E-state index contributed by atoms with van der Waals surface area (Å²) in [6, 6.07) is -1.88. The molecule has 1 unspecified atom stereocenters. The van der Waals surface area contributed by atoms with Crippen LogP contribution in [0.1, 0.15) is 19.3 Å². The molecule has 2 aliphatic heterocycles. The summed E-state index contributed by atoms with van der Waals surface area (Å²) in [7, 11) is 0. The summed E-state index contributed by atoms with van der Waals surface area (Å²) in [6.07, 6.45) is 0.372. The van der Waals surface area contributed by atoms with E-state index in [2.05, 4.69) is 0 Å². The number of aliphatic hydroxyl groups is 1. The number of rotatable bonds is 3. The van der Waals surface area contributed by atoms with Gasteiger partial charge < -0.3 is 25.7 Å². The predicted octanol–water partition coefficient (Wildman–Crippen LogP) is -2.02. The monoisotopic (exact) mass is 285 g/mol. The Hall–Kier alpha value is -1.67. The van der Waals surface area contributed by atoms with Gasteiger partial charge in [0.1, 0.15) is 6.04 Å². The smallest absolute Gasteiger partial charge is 0.329 e. The van der Waals surface area contributed by atoms with E-state index in [0.29, 0.717) is 19.4 Å². The van der Waals surface area contributed by atoms with Gasteiger partial charge in [-0.05, 0) is 19.3 Å². The highest BCUT2D eigenvalue weighted by molar-refractivity contribution is 5.92. The topological polar surface area (TPSA) is 124 Å². The number of carbonyl (C=O) groups excluding carboxylic acids is 2. The van der Waals surface area contributed by atoms with Gasteiger partial charge in [-0.15, -0.1) is 0 Å². The number of carboxylic acids is 1. The van der Waals surface area contributed by atoms with Gasteiger partial charge in [0, 0.05) is 13.1 Å². The lowest BCUT2D eigenvalue weighted by Crippen LogP contribution is -2.53. The van der Waals surface area contributed by atoms with E-state index in [4.69, 9.17) is 10.8 Å². The number of hydrogen-bond donors (Lipinski definition) is 3. The molecule has 2 rings (SSSR count). The van der Waals surface area contributed by atoms with Crippen LogP contribution in [0, 0.1) is 0 Å². The quantitative estimate of drug-likeness (QED) is 0.550. The summed E-state index contributed by atoms with van der Waals surface area (Å²) in [4.78, 5) is 37.9. The fourth-order valence-corrected chi connectivity index (χ4v) is 2.95. The lowest BCUT2D eigenvalue weighted by atomic mass is 10.1. The number of carbonyl (C=O) groups is 3. The maximum absolute atomic E-state index is 12.5. The molecule has 2 aliphatic rings. The van der Waals surface area contributed by atoms with E-state index < -0.39 is 30.1 Å². The summed E-state index contributed by atoms with van der Waals surface area (Å²) >= 11 is 0. The van der Waals surface area contributed by atoms with Crippen molar-refractivity contribution in [2.45, 2.75) is 37.5 Å². The third-order valence-corrected chi connectivity index (χ3v) is 3.93. The van der Waals surface area contributed by atoms with Crippen LogP contribution >= 0.6 is 0 Å². The highest BCUT2D eigenvalue weighted by atomic mass is 16.4. The second-order valence-electron chi connectivity index (χ2n) is 5.12. The van der Waals surface area contributed by atoms with Crippen LogP contribution in [0.25, 0.3) is 0 Å². The zero-order valence-corrected chi connectivity index (χ0v) is 11.1. The van der Waals surface area contributed by atoms with Gasteiger partial charge in [0.2, 0.25) is 11.8 Å². The SMILES string of the molecule is NCC(=O)N1CCC[C@H]1C(=O)N1CCC(O)[C@H]1C(=O)O. The number of nitrogens with zero attached hydrogens (tertiary/aromatic N) is 2. The summed E-state index contributed by atoms with van der Waals surface area (Å²) < 4.78 is 0. The van der Waals surface area contributed by atoms with E-state index in [1.807, 2.05) is 0 Å². The maximum Gasteiger partial charge on any atom is 0.329 e. The number of amides is 2. The molecule has 2 amide bonds. The highest BCUT2D eigenvalue weighted by Gasteiger charge is 2.45. The molecule has 20 heavy (non-hydrogen) atoms. The van der Waals surface area contributed by atoms with Crippen molar-refractivity contribution in [3.8, 4) is 0 Å². The molecule has 4 N–H and O–H groups in total. The Morgan fingerprint density at radius 2 is 1.85 bits per heavy atom. The van der Waals surface area contributed by atoms with Gasteiger partial charge in [-0.1, -0.05) is 0 Å². The Labute approximate surface area is 116 Å². The summed E-state index contributed by atoms with van der Waals surface area (Å²) in [5.41, 5.74) is 5.32. The van der Waals surface area contributed by atoms with Crippen LogP contribution in [0.15, 0.2) is 0 Å². The molecule has 0 aromatic carbocycles. The summed E-state index contributed by atoms with van der Waals surface area (Å²) in [5, 5.41) is 18.8. The van der Waals surface area contributed by atoms with Gasteiger partial charge >= 0.3 is 5.97 Å². The van der Waals surface area contributed by atoms with Gasteiger partial charge in [-0.2, -0.15) is 0 Å². The van der Waals surface area contributed by atoms with Crippen molar-refractivity contribution in [2.75, 3.05) is 19.6 Å². The van der Waals surface area contributed by atoms with Crippen molar-refractivity contribution in [1.82, 2.24) is 9.80 Å². The van der Waals surface area contributed by atoms with Crippen molar-refractivity contribution < 1.29 is 24.6 Å². The second-order valence-corrected chi connectivity index (χ2v) is 5.12. The predicted molar refractivity (Wildman–Crippen MR) is 67.6 cm³/mol. The molecule has 8 heteroatoms. The van der Waals surface area contributed by atoms with Crippen LogP contribution in [0.5, 0.6) is 0 Å². The number of aliphatic carboxylic acids is 1. The first kappa shape index (κ1) is 14.7. The Bertz CT molecular complexity index is 427. The number of likely N-dealkylation sites (tertiary alicyclic amines) is 2. The first-order chi connectivity index (χ1) is 9.47. The van der Waals surface area contributed by atoms with E-state index in [1.165, 1.54) is 9.80 Å². The van der Waals surface area contributed by atoms with Gasteiger partial charge in [0.15, 0.2) is 6.04 Å². The minimum atomic E-state index is -1.22. The molecule has 0 aliphatic carbocycles. The van der Waals surface area contributed by atoms with Crippen LogP contribution in [-0.2, 0) is 14.4 Å². The summed E-state index contributed by atoms with van der Waals surface area (Å²) in [5.74, 6) is -1.95. The molecule has 0 bridgehead atoms. The lowest BCUT2D eigenvalue weighted by Gasteiger charge is -2.30. The van der Waals surface area contributed by atoms with Crippen molar-refractivity contribution in [1.29, 1.82) is 0 Å². The van der Waals surface area contributed by atoms with Crippen LogP contribution in [-0.4, -0.2) is 75.6 Å². The van der Waals surface area contributed by atoms with E-state index in [0.717, 1.165) is 0 Å². The van der Waals surface area contributed by atoms with E-state index >= 15 is 0 Å². The van der Waals surface area contributed by atoms with Crippen LogP contribution in [0.2, 0.25) is 0 Å². The third-order valence-electron chi connectivity index (χ3n) is 3.93. The zero-order valence-electron chi connectivity index (χ0n) is 11.1. The van der Waals surface area contributed by atoms with E-state index in [9.17, 15) is 19.5 Å². The van der Waals surface area contributed by atoms with Crippen molar-refractivity contribution in [3.63, 3.8) is 0 Å². The maximum atomic E-state index is 12.5. The van der Waals surface area contributed by atoms with Gasteiger partial charge in [-0.3, -0.25) is 9.59 Å². The van der Waals surface area contributed by atoms with Crippen LogP contribution in [0.4, 0.5) is 0 Å². The summed E-state index contributed by atoms with van der Waals surface area (Å²) in [6.45, 7) is 0.480. The molecule has 0 aromatic heterocycles. The minimum Gasteiger partial charge on any atom is -0.480 e. The molecular weight excluding hydrogens is 266 g/mol. The first-order valence-electron chi connectivity index (χ1n) is 6.68. The average Bonchev–Trinajstić information content (AvgIpc) is 3.03. The van der Waals surface area contributed by atoms with Crippen molar-refractivity contribution >= 4 is 17.8 Å². The Morgan fingerprint density at radius 1 is 1.15 bits per heavy atom. The standard InChI is InChI=1S/C12H19N3O5/c13-6-9(17)14-4-1-2-7(14)11(18)15-5-3-8(16)10(15)12(19)20/h7-8,10,16H,1-6,13H2,(H,19,20)/t7-,8?,10-/m0/s1. The number of hydrogen-bond acceptors (Lipinski definition) is 5. The Balaban J connectivity index is 2.14. The molecule has 0 saturated carbocycles. The largest absolute Gasteiger partial charge is 0.480 e. The molecule has 112 valence electrons. The molecule has 0 radical (unpaired) electrons. The van der Waals surface area contributed by atoms with E-state index in [1.54, 1.807) is 0 Å². The molecule has 3 atom stereocenters. The van der Waals surface area contributed by atoms with Crippen molar-refractivity contribution in [2.24, 2.45) is 5.73 Å². The third kappa shape index (κ3) is 2.48. The lowest BCUT2D eigenvalue weighted by molar-refractivity contribution is -0.154. The fourth-order valence-electron chi connectivity index (χ4n) is 2.95. The van der Waals surface area contributed by atoms with Crippen LogP contribution < -0.4 is 5.73 Å². The van der Waals surface area contributed by atoms with Crippen LogP contribution in [0.3, 0.4) is 0 Å². The van der Waals surface area contributed by atoms with Crippen molar-refractivity contribution in [3.05, 3.63) is 0 Å². The number of nitrogens with two attached hydrogens (primary N) is 1. The molecule has 0 spiro atoms. The fraction of sp³-hybridized carbons (Fsp3) is 0.750. The van der Waals surface area contributed by atoms with Gasteiger partial charge in [0.25, 0.3) is 0 Å². The molecule has 2 fully saturated rings. The zero-order chi connectivity index (χ0) is 14.9. The molecule has 8 nitrogen and oxygen atoms in total. The second kappa shape index (κ2) is 5.76. The Kier molecular flexibility index (Phi) is 4.24. The number of carboxylic acid groups (broad SMARTS) is 1. The average molecular weight is 285 g/mol. The molecule has 2 saturated heterocycles. The minimum absolute atomic E-state index is 0.172. The van der Waals surface area contributed by atoms with E-state index in [-0.39, 0.29) is 25.4 Å². The molecule has 2 heterocycles. The molecule has 0 aromatic rings. The molecular formula is C12H19N3O5. The normalized spacial score (nSPS) is 29.8. The number of aliphatic hydroxyl groups excluding tert-OH is 1. The first-order valence-corrected chi connectivity index (χ1v) is 6.68. The Morgan fingerprint density at radius 3 is 2.45 bits per heavy atom. The highest BCUT2D eigenvalue weighted by Crippen LogP contribution is 2.25.